The SMILES string of the molecule is CCNc1ncnc(NCc2ncc(C)o2)c1OC. The predicted octanol–water partition coefficient (Wildman–Crippen LogP) is 1.83. The minimum atomic E-state index is 0.437. The third-order valence-corrected chi connectivity index (χ3v) is 2.43. The van der Waals surface area contributed by atoms with Crippen LogP contribution in [0.1, 0.15) is 18.6 Å². The highest BCUT2D eigenvalue weighted by atomic mass is 16.5. The molecule has 0 bridgehead atoms. The Labute approximate surface area is 111 Å². The maximum absolute atomic E-state index is 5.38. The second kappa shape index (κ2) is 6.03. The lowest BCUT2D eigenvalue weighted by atomic mass is 10.4. The molecule has 19 heavy (non-hydrogen) atoms. The van der Waals surface area contributed by atoms with Crippen LogP contribution in [0.3, 0.4) is 0 Å². The van der Waals surface area contributed by atoms with E-state index in [1.54, 1.807) is 13.3 Å². The van der Waals surface area contributed by atoms with Crippen LogP contribution in [0.2, 0.25) is 0 Å². The van der Waals surface area contributed by atoms with E-state index >= 15 is 0 Å². The number of aromatic nitrogens is 3. The van der Waals surface area contributed by atoms with Crippen LogP contribution in [-0.2, 0) is 6.54 Å². The molecule has 7 heteroatoms. The van der Waals surface area contributed by atoms with Gasteiger partial charge in [-0.15, -0.1) is 0 Å². The van der Waals surface area contributed by atoms with Crippen molar-refractivity contribution < 1.29 is 9.15 Å². The van der Waals surface area contributed by atoms with Crippen LogP contribution in [0.4, 0.5) is 11.6 Å². The molecule has 102 valence electrons. The fourth-order valence-corrected chi connectivity index (χ4v) is 1.63. The van der Waals surface area contributed by atoms with Gasteiger partial charge in [0.1, 0.15) is 12.1 Å². The minimum Gasteiger partial charge on any atom is -0.490 e. The van der Waals surface area contributed by atoms with Crippen LogP contribution >= 0.6 is 0 Å². The van der Waals surface area contributed by atoms with Crippen LogP contribution in [0.25, 0.3) is 0 Å². The predicted molar refractivity (Wildman–Crippen MR) is 71.3 cm³/mol. The van der Waals surface area contributed by atoms with Crippen LogP contribution in [0.5, 0.6) is 5.75 Å². The van der Waals surface area contributed by atoms with Gasteiger partial charge in [-0.25, -0.2) is 15.0 Å². The smallest absolute Gasteiger partial charge is 0.213 e. The van der Waals surface area contributed by atoms with Crippen molar-refractivity contribution in [3.05, 3.63) is 24.2 Å². The molecule has 2 heterocycles. The molecule has 2 N–H and O–H groups in total. The maximum atomic E-state index is 5.38. The van der Waals surface area contributed by atoms with E-state index in [-0.39, 0.29) is 0 Å². The van der Waals surface area contributed by atoms with Crippen LogP contribution in [-0.4, -0.2) is 28.6 Å². The third kappa shape index (κ3) is 3.12. The first-order valence-corrected chi connectivity index (χ1v) is 6.02. The van der Waals surface area contributed by atoms with Crippen LogP contribution in [0, 0.1) is 6.92 Å². The molecule has 2 aromatic rings. The molecule has 0 aliphatic carbocycles. The van der Waals surface area contributed by atoms with Crippen molar-refractivity contribution in [1.82, 2.24) is 15.0 Å². The molecule has 0 saturated carbocycles. The summed E-state index contributed by atoms with van der Waals surface area (Å²) >= 11 is 0. The van der Waals surface area contributed by atoms with Crippen LogP contribution in [0.15, 0.2) is 16.9 Å². The van der Waals surface area contributed by atoms with Gasteiger partial charge in [0.05, 0.1) is 19.9 Å². The van der Waals surface area contributed by atoms with Crippen molar-refractivity contribution >= 4 is 11.6 Å². The normalized spacial score (nSPS) is 10.3. The number of rotatable bonds is 6. The summed E-state index contributed by atoms with van der Waals surface area (Å²) in [5.41, 5.74) is 0. The van der Waals surface area contributed by atoms with Crippen molar-refractivity contribution in [2.45, 2.75) is 20.4 Å². The molecule has 0 atom stereocenters. The van der Waals surface area contributed by atoms with E-state index in [4.69, 9.17) is 9.15 Å². The number of nitrogens with one attached hydrogen (secondary N) is 2. The summed E-state index contributed by atoms with van der Waals surface area (Å²) in [6, 6.07) is 0. The average Bonchev–Trinajstić information content (AvgIpc) is 2.83. The van der Waals surface area contributed by atoms with Gasteiger partial charge in [-0.3, -0.25) is 0 Å². The second-order valence-corrected chi connectivity index (χ2v) is 3.85. The van der Waals surface area contributed by atoms with Gasteiger partial charge in [-0.2, -0.15) is 0 Å². The largest absolute Gasteiger partial charge is 0.490 e. The van der Waals surface area contributed by atoms with Gasteiger partial charge in [-0.1, -0.05) is 0 Å². The van der Waals surface area contributed by atoms with Crippen molar-refractivity contribution in [3.63, 3.8) is 0 Å². The van der Waals surface area contributed by atoms with Gasteiger partial charge in [0, 0.05) is 6.54 Å². The zero-order valence-corrected chi connectivity index (χ0v) is 11.2. The Bertz CT molecular complexity index is 541. The molecule has 0 spiro atoms. The molecule has 0 fully saturated rings. The summed E-state index contributed by atoms with van der Waals surface area (Å²) in [5.74, 6) is 3.21. The minimum absolute atomic E-state index is 0.437. The summed E-state index contributed by atoms with van der Waals surface area (Å²) in [6.07, 6.45) is 3.15. The van der Waals surface area contributed by atoms with E-state index in [2.05, 4.69) is 25.6 Å². The standard InChI is InChI=1S/C12H17N5O2/c1-4-13-11-10(18-3)12(17-7-16-11)15-6-9-14-5-8(2)19-9/h5,7H,4,6H2,1-3H3,(H2,13,15,16,17). The number of nitrogens with zero attached hydrogens (tertiary/aromatic N) is 3. The zero-order valence-electron chi connectivity index (χ0n) is 11.2. The highest BCUT2D eigenvalue weighted by Crippen LogP contribution is 2.28. The van der Waals surface area contributed by atoms with Crippen LogP contribution < -0.4 is 15.4 Å². The Kier molecular flexibility index (Phi) is 4.17. The molecule has 0 saturated heterocycles. The lowest BCUT2D eigenvalue weighted by molar-refractivity contribution is 0.414. The van der Waals surface area contributed by atoms with Gasteiger partial charge in [-0.05, 0) is 13.8 Å². The van der Waals surface area contributed by atoms with Gasteiger partial charge in [0.25, 0.3) is 0 Å². The fourth-order valence-electron chi connectivity index (χ4n) is 1.63. The molecule has 2 rings (SSSR count). The number of hydrogen-bond donors (Lipinski definition) is 2. The summed E-state index contributed by atoms with van der Waals surface area (Å²) in [6.45, 7) is 5.04. The molecule has 0 aromatic carbocycles. The van der Waals surface area contributed by atoms with E-state index in [1.807, 2.05) is 13.8 Å². The molecular formula is C12H17N5O2. The van der Waals surface area contributed by atoms with Crippen molar-refractivity contribution in [2.24, 2.45) is 0 Å². The first-order chi connectivity index (χ1) is 9.24. The number of anilines is 2. The lowest BCUT2D eigenvalue weighted by Crippen LogP contribution is -2.08. The number of oxazole rings is 1. The van der Waals surface area contributed by atoms with E-state index in [1.165, 1.54) is 6.33 Å². The molecule has 0 amide bonds. The third-order valence-electron chi connectivity index (χ3n) is 2.43. The number of methoxy groups -OCH3 is 1. The monoisotopic (exact) mass is 263 g/mol. The van der Waals surface area contributed by atoms with E-state index in [9.17, 15) is 0 Å². The topological polar surface area (TPSA) is 85.1 Å². The summed E-state index contributed by atoms with van der Waals surface area (Å²) < 4.78 is 10.7. The quantitative estimate of drug-likeness (QED) is 0.822. The first-order valence-electron chi connectivity index (χ1n) is 6.02. The van der Waals surface area contributed by atoms with Crippen molar-refractivity contribution in [2.75, 3.05) is 24.3 Å². The molecule has 7 nitrogen and oxygen atoms in total. The highest BCUT2D eigenvalue weighted by molar-refractivity contribution is 5.63. The van der Waals surface area contributed by atoms with E-state index in [0.717, 1.165) is 12.3 Å². The second-order valence-electron chi connectivity index (χ2n) is 3.85. The molecule has 0 aliphatic rings. The molecule has 0 unspecified atom stereocenters. The lowest BCUT2D eigenvalue weighted by Gasteiger charge is -2.12. The van der Waals surface area contributed by atoms with E-state index < -0.39 is 0 Å². The number of aryl methyl sites for hydroxylation is 1. The zero-order chi connectivity index (χ0) is 13.7. The summed E-state index contributed by atoms with van der Waals surface area (Å²) in [4.78, 5) is 12.4. The van der Waals surface area contributed by atoms with Crippen molar-refractivity contribution in [3.8, 4) is 5.75 Å². The Morgan fingerprint density at radius 3 is 2.53 bits per heavy atom. The Hall–Kier alpha value is -2.31. The highest BCUT2D eigenvalue weighted by Gasteiger charge is 2.12. The van der Waals surface area contributed by atoms with Gasteiger partial charge >= 0.3 is 0 Å². The first kappa shape index (κ1) is 13.1. The van der Waals surface area contributed by atoms with Gasteiger partial charge < -0.3 is 19.8 Å². The Morgan fingerprint density at radius 2 is 1.95 bits per heavy atom. The van der Waals surface area contributed by atoms with E-state index in [0.29, 0.717) is 29.8 Å². The summed E-state index contributed by atoms with van der Waals surface area (Å²) in [7, 11) is 1.58. The molecule has 0 radical (unpaired) electrons. The molecule has 0 aliphatic heterocycles. The molecule has 2 aromatic heterocycles. The Balaban J connectivity index is 2.13. The molecular weight excluding hydrogens is 246 g/mol. The maximum Gasteiger partial charge on any atom is 0.213 e. The number of hydrogen-bond acceptors (Lipinski definition) is 7. The summed E-state index contributed by atoms with van der Waals surface area (Å²) in [5, 5.41) is 6.23. The Morgan fingerprint density at radius 1 is 1.21 bits per heavy atom. The average molecular weight is 263 g/mol. The van der Waals surface area contributed by atoms with Gasteiger partial charge in [0.2, 0.25) is 11.6 Å². The van der Waals surface area contributed by atoms with Crippen molar-refractivity contribution in [1.29, 1.82) is 0 Å². The number of ether oxygens (including phenoxy) is 1. The van der Waals surface area contributed by atoms with Gasteiger partial charge in [0.15, 0.2) is 11.6 Å². The fraction of sp³-hybridized carbons (Fsp3) is 0.417.